The number of hydrogen-bond donors (Lipinski definition) is 2. The monoisotopic (exact) mass is 312 g/mol. The average molecular weight is 312 g/mol. The summed E-state index contributed by atoms with van der Waals surface area (Å²) in [6.45, 7) is 1.33. The van der Waals surface area contributed by atoms with E-state index in [9.17, 15) is 26.3 Å². The lowest BCUT2D eigenvalue weighted by Crippen LogP contribution is -2.49. The first-order valence-electron chi connectivity index (χ1n) is 6.36. The molecule has 2 N–H and O–H groups in total. The van der Waals surface area contributed by atoms with Gasteiger partial charge >= 0.3 is 12.4 Å². The van der Waals surface area contributed by atoms with Crippen LogP contribution >= 0.6 is 0 Å². The number of rotatable bonds is 4. The minimum Gasteiger partial charge on any atom is -0.316 e. The number of halogens is 6. The SMILES string of the molecule is FC(F)(F)c1cccc(C(NCC2CNC2)C(F)(F)F)c1. The molecule has 1 aromatic carbocycles. The molecular formula is C13H14F6N2. The van der Waals surface area contributed by atoms with Crippen molar-refractivity contribution in [2.75, 3.05) is 19.6 Å². The molecule has 1 aliphatic heterocycles. The molecule has 0 amide bonds. The molecule has 8 heteroatoms. The van der Waals surface area contributed by atoms with Crippen LogP contribution in [0.15, 0.2) is 24.3 Å². The summed E-state index contributed by atoms with van der Waals surface area (Å²) >= 11 is 0. The van der Waals surface area contributed by atoms with E-state index in [1.807, 2.05) is 0 Å². The van der Waals surface area contributed by atoms with Gasteiger partial charge in [-0.25, -0.2) is 0 Å². The highest BCUT2D eigenvalue weighted by atomic mass is 19.4. The Labute approximate surface area is 117 Å². The van der Waals surface area contributed by atoms with Crippen LogP contribution in [-0.4, -0.2) is 25.8 Å². The van der Waals surface area contributed by atoms with E-state index in [4.69, 9.17) is 0 Å². The van der Waals surface area contributed by atoms with Gasteiger partial charge in [-0.1, -0.05) is 12.1 Å². The number of nitrogens with one attached hydrogen (secondary N) is 2. The van der Waals surface area contributed by atoms with Crippen molar-refractivity contribution in [3.8, 4) is 0 Å². The summed E-state index contributed by atoms with van der Waals surface area (Å²) in [5.74, 6) is 0.0700. The van der Waals surface area contributed by atoms with Gasteiger partial charge in [-0.15, -0.1) is 0 Å². The van der Waals surface area contributed by atoms with Gasteiger partial charge < -0.3 is 10.6 Å². The van der Waals surface area contributed by atoms with Gasteiger partial charge in [0.05, 0.1) is 5.56 Å². The van der Waals surface area contributed by atoms with Gasteiger partial charge in [0.1, 0.15) is 6.04 Å². The Bertz CT molecular complexity index is 478. The molecule has 0 aromatic heterocycles. The summed E-state index contributed by atoms with van der Waals surface area (Å²) in [5, 5.41) is 5.25. The molecule has 0 saturated carbocycles. The van der Waals surface area contributed by atoms with E-state index < -0.39 is 29.5 Å². The first-order chi connectivity index (χ1) is 9.68. The van der Waals surface area contributed by atoms with Crippen molar-refractivity contribution in [2.45, 2.75) is 18.4 Å². The maximum absolute atomic E-state index is 13.0. The van der Waals surface area contributed by atoms with Crippen molar-refractivity contribution in [1.29, 1.82) is 0 Å². The minimum atomic E-state index is -4.66. The molecule has 0 aliphatic carbocycles. The molecule has 0 bridgehead atoms. The third kappa shape index (κ3) is 4.10. The maximum Gasteiger partial charge on any atom is 0.416 e. The molecule has 2 rings (SSSR count). The van der Waals surface area contributed by atoms with Crippen LogP contribution in [0.2, 0.25) is 0 Å². The predicted octanol–water partition coefficient (Wildman–Crippen LogP) is 3.12. The Kier molecular flexibility index (Phi) is 4.48. The van der Waals surface area contributed by atoms with Crippen LogP contribution < -0.4 is 10.6 Å². The minimum absolute atomic E-state index is 0.0700. The average Bonchev–Trinajstić information content (AvgIpc) is 2.30. The first-order valence-corrected chi connectivity index (χ1v) is 6.36. The Morgan fingerprint density at radius 2 is 1.81 bits per heavy atom. The zero-order valence-electron chi connectivity index (χ0n) is 10.9. The quantitative estimate of drug-likeness (QED) is 0.835. The summed E-state index contributed by atoms with van der Waals surface area (Å²) in [6, 6.07) is 1.25. The summed E-state index contributed by atoms with van der Waals surface area (Å²) in [4.78, 5) is 0. The first kappa shape index (κ1) is 16.1. The highest BCUT2D eigenvalue weighted by Crippen LogP contribution is 2.36. The zero-order chi connectivity index (χ0) is 15.7. The molecule has 0 spiro atoms. The summed E-state index contributed by atoms with van der Waals surface area (Å²) in [5.41, 5.74) is -1.51. The van der Waals surface area contributed by atoms with Gasteiger partial charge in [0.15, 0.2) is 0 Å². The van der Waals surface area contributed by atoms with E-state index in [-0.39, 0.29) is 12.5 Å². The molecule has 1 aliphatic rings. The van der Waals surface area contributed by atoms with Gasteiger partial charge in [0.25, 0.3) is 0 Å². The third-order valence-corrected chi connectivity index (χ3v) is 3.35. The summed E-state index contributed by atoms with van der Waals surface area (Å²) in [7, 11) is 0. The van der Waals surface area contributed by atoms with Crippen LogP contribution in [0.25, 0.3) is 0 Å². The highest BCUT2D eigenvalue weighted by Gasteiger charge is 2.42. The molecule has 1 unspecified atom stereocenters. The smallest absolute Gasteiger partial charge is 0.316 e. The van der Waals surface area contributed by atoms with Crippen molar-refractivity contribution in [3.63, 3.8) is 0 Å². The number of hydrogen-bond acceptors (Lipinski definition) is 2. The van der Waals surface area contributed by atoms with Crippen LogP contribution in [0.1, 0.15) is 17.2 Å². The Morgan fingerprint density at radius 3 is 2.29 bits per heavy atom. The normalized spacial score (nSPS) is 18.4. The van der Waals surface area contributed by atoms with E-state index in [2.05, 4.69) is 10.6 Å². The van der Waals surface area contributed by atoms with Gasteiger partial charge in [0.2, 0.25) is 0 Å². The Hall–Kier alpha value is -1.28. The largest absolute Gasteiger partial charge is 0.416 e. The van der Waals surface area contributed by atoms with Crippen molar-refractivity contribution in [2.24, 2.45) is 5.92 Å². The van der Waals surface area contributed by atoms with Crippen LogP contribution in [-0.2, 0) is 6.18 Å². The fourth-order valence-corrected chi connectivity index (χ4v) is 2.09. The topological polar surface area (TPSA) is 24.1 Å². The molecule has 1 saturated heterocycles. The maximum atomic E-state index is 13.0. The lowest BCUT2D eigenvalue weighted by Gasteiger charge is -2.30. The van der Waals surface area contributed by atoms with E-state index in [0.29, 0.717) is 19.2 Å². The highest BCUT2D eigenvalue weighted by molar-refractivity contribution is 5.29. The number of alkyl halides is 6. The molecule has 1 aromatic rings. The molecule has 1 fully saturated rings. The molecule has 1 atom stereocenters. The molecular weight excluding hydrogens is 298 g/mol. The van der Waals surface area contributed by atoms with Gasteiger partial charge in [-0.05, 0) is 23.6 Å². The van der Waals surface area contributed by atoms with Gasteiger partial charge in [-0.2, -0.15) is 26.3 Å². The fraction of sp³-hybridized carbons (Fsp3) is 0.538. The van der Waals surface area contributed by atoms with Crippen LogP contribution in [0.4, 0.5) is 26.3 Å². The standard InChI is InChI=1S/C13H14F6N2/c14-12(15,16)10-3-1-2-9(4-10)11(13(17,18)19)21-7-8-5-20-6-8/h1-4,8,11,20-21H,5-7H2. The van der Waals surface area contributed by atoms with Crippen molar-refractivity contribution in [1.82, 2.24) is 10.6 Å². The van der Waals surface area contributed by atoms with Gasteiger partial charge in [0, 0.05) is 19.6 Å². The van der Waals surface area contributed by atoms with Crippen LogP contribution in [0.5, 0.6) is 0 Å². The van der Waals surface area contributed by atoms with Crippen molar-refractivity contribution >= 4 is 0 Å². The summed E-state index contributed by atoms with van der Waals surface area (Å²) in [6.07, 6.45) is -9.31. The molecule has 118 valence electrons. The van der Waals surface area contributed by atoms with E-state index in [1.54, 1.807) is 0 Å². The van der Waals surface area contributed by atoms with Crippen molar-refractivity contribution in [3.05, 3.63) is 35.4 Å². The Morgan fingerprint density at radius 1 is 1.14 bits per heavy atom. The Balaban J connectivity index is 2.19. The fourth-order valence-electron chi connectivity index (χ4n) is 2.09. The van der Waals surface area contributed by atoms with E-state index >= 15 is 0 Å². The second kappa shape index (κ2) is 5.84. The van der Waals surface area contributed by atoms with E-state index in [0.717, 1.165) is 18.2 Å². The summed E-state index contributed by atoms with van der Waals surface area (Å²) < 4.78 is 76.9. The second-order valence-corrected chi connectivity index (χ2v) is 5.03. The zero-order valence-corrected chi connectivity index (χ0v) is 10.9. The van der Waals surface area contributed by atoms with Crippen LogP contribution in [0, 0.1) is 5.92 Å². The van der Waals surface area contributed by atoms with Crippen LogP contribution in [0.3, 0.4) is 0 Å². The second-order valence-electron chi connectivity index (χ2n) is 5.03. The molecule has 21 heavy (non-hydrogen) atoms. The lowest BCUT2D eigenvalue weighted by molar-refractivity contribution is -0.159. The van der Waals surface area contributed by atoms with Gasteiger partial charge in [-0.3, -0.25) is 0 Å². The molecule has 1 heterocycles. The number of benzene rings is 1. The van der Waals surface area contributed by atoms with E-state index in [1.165, 1.54) is 0 Å². The lowest BCUT2D eigenvalue weighted by atomic mass is 10.00. The third-order valence-electron chi connectivity index (χ3n) is 3.35. The predicted molar refractivity (Wildman–Crippen MR) is 64.6 cm³/mol. The molecule has 0 radical (unpaired) electrons. The molecule has 2 nitrogen and oxygen atoms in total. The van der Waals surface area contributed by atoms with Crippen molar-refractivity contribution < 1.29 is 26.3 Å².